The summed E-state index contributed by atoms with van der Waals surface area (Å²) in [6, 6.07) is 11.3. The highest BCUT2D eigenvalue weighted by Crippen LogP contribution is 2.33. The summed E-state index contributed by atoms with van der Waals surface area (Å²) in [4.78, 5) is 23.5. The number of aromatic nitrogens is 1. The molecule has 0 radical (unpaired) electrons. The van der Waals surface area contributed by atoms with Gasteiger partial charge in [0, 0.05) is 24.4 Å². The minimum atomic E-state index is -1.04. The van der Waals surface area contributed by atoms with Gasteiger partial charge in [0.05, 0.1) is 17.5 Å². The Balaban J connectivity index is 2.07. The Hall–Kier alpha value is -3.54. The van der Waals surface area contributed by atoms with Crippen molar-refractivity contribution < 1.29 is 24.5 Å². The highest BCUT2D eigenvalue weighted by Gasteiger charge is 2.19. The van der Waals surface area contributed by atoms with Gasteiger partial charge in [-0.15, -0.1) is 0 Å². The van der Waals surface area contributed by atoms with Gasteiger partial charge >= 0.3 is 5.97 Å². The fraction of sp³-hybridized carbons (Fsp3) is 0.217. The quantitative estimate of drug-likeness (QED) is 0.286. The van der Waals surface area contributed by atoms with Crippen LogP contribution in [0.3, 0.4) is 0 Å². The highest BCUT2D eigenvalue weighted by atomic mass is 16.5. The summed E-state index contributed by atoms with van der Waals surface area (Å²) in [6.45, 7) is 6.22. The van der Waals surface area contributed by atoms with Gasteiger partial charge in [0.1, 0.15) is 11.5 Å². The molecule has 0 aliphatic rings. The van der Waals surface area contributed by atoms with E-state index in [-0.39, 0.29) is 17.9 Å². The van der Waals surface area contributed by atoms with Crippen LogP contribution < -0.4 is 0 Å². The van der Waals surface area contributed by atoms with Crippen molar-refractivity contribution in [1.29, 1.82) is 0 Å². The minimum Gasteiger partial charge on any atom is -0.507 e. The smallest absolute Gasteiger partial charge is 0.379 e. The zero-order chi connectivity index (χ0) is 21.1. The number of ketones is 1. The highest BCUT2D eigenvalue weighted by molar-refractivity contribution is 6.39. The molecule has 29 heavy (non-hydrogen) atoms. The Bertz CT molecular complexity index is 1100. The van der Waals surface area contributed by atoms with E-state index in [9.17, 15) is 19.8 Å². The van der Waals surface area contributed by atoms with Gasteiger partial charge in [0.15, 0.2) is 0 Å². The minimum absolute atomic E-state index is 0.0276. The van der Waals surface area contributed by atoms with Crippen LogP contribution in [0, 0.1) is 13.8 Å². The second kappa shape index (κ2) is 8.22. The topological polar surface area (TPSA) is 88.8 Å². The molecule has 0 unspecified atom stereocenters. The molecular formula is C23H23NO5. The second-order valence-corrected chi connectivity index (χ2v) is 6.95. The van der Waals surface area contributed by atoms with E-state index in [1.807, 2.05) is 24.5 Å². The molecule has 1 heterocycles. The van der Waals surface area contributed by atoms with E-state index in [1.165, 1.54) is 6.07 Å². The maximum atomic E-state index is 11.9. The summed E-state index contributed by atoms with van der Waals surface area (Å²) >= 11 is 0. The molecule has 3 aromatic rings. The van der Waals surface area contributed by atoms with Gasteiger partial charge in [-0.2, -0.15) is 0 Å². The number of phenols is 1. The Morgan fingerprint density at radius 3 is 2.48 bits per heavy atom. The molecule has 0 saturated carbocycles. The van der Waals surface area contributed by atoms with Gasteiger partial charge in [0.2, 0.25) is 0 Å². The van der Waals surface area contributed by atoms with Gasteiger partial charge in [-0.3, -0.25) is 4.79 Å². The third-order valence-electron chi connectivity index (χ3n) is 4.54. The van der Waals surface area contributed by atoms with Gasteiger partial charge in [-0.25, -0.2) is 4.79 Å². The Labute approximate surface area is 168 Å². The first-order chi connectivity index (χ1) is 13.8. The number of aryl methyl sites for hydroxylation is 2. The Morgan fingerprint density at radius 2 is 1.83 bits per heavy atom. The third kappa shape index (κ3) is 4.32. The molecule has 0 spiro atoms. The zero-order valence-electron chi connectivity index (χ0n) is 16.6. The number of hydrogen-bond donors (Lipinski definition) is 2. The standard InChI is InChI=1S/C23H23NO5/c1-4-29-23(28)21(27)11-20(26)17-13-24(18-6-5-7-19(25)22(17)18)12-16-9-14(2)8-15(3)10-16/h5-11,13,25-26H,4,12H2,1-3H3/b20-11-. The van der Waals surface area contributed by atoms with Crippen LogP contribution >= 0.6 is 0 Å². The van der Waals surface area contributed by atoms with Gasteiger partial charge in [-0.1, -0.05) is 35.4 Å². The number of rotatable bonds is 6. The van der Waals surface area contributed by atoms with Gasteiger partial charge in [-0.05, 0) is 38.5 Å². The van der Waals surface area contributed by atoms with Crippen molar-refractivity contribution in [2.24, 2.45) is 0 Å². The van der Waals surface area contributed by atoms with Crippen molar-refractivity contribution in [2.45, 2.75) is 27.3 Å². The Morgan fingerprint density at radius 1 is 1.14 bits per heavy atom. The summed E-state index contributed by atoms with van der Waals surface area (Å²) in [7, 11) is 0. The molecule has 0 atom stereocenters. The summed E-state index contributed by atoms with van der Waals surface area (Å²) in [5, 5.41) is 21.3. The number of hydrogen-bond acceptors (Lipinski definition) is 5. The molecule has 0 bridgehead atoms. The zero-order valence-corrected chi connectivity index (χ0v) is 16.6. The SMILES string of the molecule is CCOC(=O)C(=O)/C=C(\O)c1cn(Cc2cc(C)cc(C)c2)c2cccc(O)c12. The number of ether oxygens (including phenoxy) is 1. The molecule has 2 N–H and O–H groups in total. The van der Waals surface area contributed by atoms with Crippen molar-refractivity contribution in [1.82, 2.24) is 4.57 Å². The molecule has 0 aliphatic carbocycles. The molecule has 0 fully saturated rings. The van der Waals surface area contributed by atoms with Crippen molar-refractivity contribution in [3.05, 3.63) is 70.9 Å². The van der Waals surface area contributed by atoms with Crippen molar-refractivity contribution in [3.8, 4) is 5.75 Å². The number of aliphatic hydroxyl groups excluding tert-OH is 1. The Kier molecular flexibility index (Phi) is 5.73. The number of aromatic hydroxyl groups is 1. The molecule has 0 amide bonds. The maximum Gasteiger partial charge on any atom is 0.379 e. The van der Waals surface area contributed by atoms with E-state index < -0.39 is 17.5 Å². The first-order valence-electron chi connectivity index (χ1n) is 9.30. The monoisotopic (exact) mass is 393 g/mol. The van der Waals surface area contributed by atoms with E-state index in [0.29, 0.717) is 17.4 Å². The lowest BCUT2D eigenvalue weighted by Crippen LogP contribution is -2.15. The predicted molar refractivity (Wildman–Crippen MR) is 111 cm³/mol. The van der Waals surface area contributed by atoms with Crippen molar-refractivity contribution >= 4 is 28.4 Å². The number of phenolic OH excluding ortho intramolecular Hbond substituents is 1. The van der Waals surface area contributed by atoms with E-state index >= 15 is 0 Å². The summed E-state index contributed by atoms with van der Waals surface area (Å²) in [5.41, 5.74) is 4.31. The van der Waals surface area contributed by atoms with Crippen LogP contribution in [-0.2, 0) is 20.9 Å². The van der Waals surface area contributed by atoms with Gasteiger partial charge < -0.3 is 19.5 Å². The van der Waals surface area contributed by atoms with Crippen LogP contribution in [-0.4, -0.2) is 33.1 Å². The van der Waals surface area contributed by atoms with E-state index in [0.717, 1.165) is 22.8 Å². The fourth-order valence-corrected chi connectivity index (χ4v) is 3.48. The molecule has 3 rings (SSSR count). The summed E-state index contributed by atoms with van der Waals surface area (Å²) in [6.07, 6.45) is 2.48. The largest absolute Gasteiger partial charge is 0.507 e. The molecule has 150 valence electrons. The van der Waals surface area contributed by atoms with Crippen molar-refractivity contribution in [2.75, 3.05) is 6.61 Å². The fourth-order valence-electron chi connectivity index (χ4n) is 3.48. The molecule has 1 aromatic heterocycles. The number of fused-ring (bicyclic) bond motifs is 1. The molecular weight excluding hydrogens is 370 g/mol. The van der Waals surface area contributed by atoms with E-state index in [4.69, 9.17) is 0 Å². The summed E-state index contributed by atoms with van der Waals surface area (Å²) < 4.78 is 6.55. The predicted octanol–water partition coefficient (Wildman–Crippen LogP) is 4.04. The lowest BCUT2D eigenvalue weighted by atomic mass is 10.1. The number of carbonyl (C=O) groups is 2. The second-order valence-electron chi connectivity index (χ2n) is 6.95. The molecule has 2 aromatic carbocycles. The van der Waals surface area contributed by atoms with Crippen LogP contribution in [0.5, 0.6) is 5.75 Å². The van der Waals surface area contributed by atoms with Gasteiger partial charge in [0.25, 0.3) is 5.78 Å². The van der Waals surface area contributed by atoms with Crippen LogP contribution in [0.2, 0.25) is 0 Å². The van der Waals surface area contributed by atoms with Crippen molar-refractivity contribution in [3.63, 3.8) is 0 Å². The average molecular weight is 393 g/mol. The number of benzene rings is 2. The van der Waals surface area contributed by atoms with Crippen LogP contribution in [0.4, 0.5) is 0 Å². The van der Waals surface area contributed by atoms with Crippen LogP contribution in [0.1, 0.15) is 29.2 Å². The normalized spacial score (nSPS) is 11.6. The summed E-state index contributed by atoms with van der Waals surface area (Å²) in [5.74, 6) is -2.44. The number of esters is 1. The number of carbonyl (C=O) groups excluding carboxylic acids is 2. The van der Waals surface area contributed by atoms with Crippen LogP contribution in [0.25, 0.3) is 16.7 Å². The maximum absolute atomic E-state index is 11.9. The van der Waals surface area contributed by atoms with E-state index in [2.05, 4.69) is 22.9 Å². The molecule has 6 heteroatoms. The average Bonchev–Trinajstić information content (AvgIpc) is 3.01. The lowest BCUT2D eigenvalue weighted by Gasteiger charge is -2.08. The first-order valence-corrected chi connectivity index (χ1v) is 9.30. The van der Waals surface area contributed by atoms with E-state index in [1.54, 1.807) is 19.2 Å². The third-order valence-corrected chi connectivity index (χ3v) is 4.54. The lowest BCUT2D eigenvalue weighted by molar-refractivity contribution is -0.151. The van der Waals surface area contributed by atoms with Crippen LogP contribution in [0.15, 0.2) is 48.7 Å². The molecule has 0 saturated heterocycles. The molecule has 6 nitrogen and oxygen atoms in total. The number of nitrogens with zero attached hydrogens (tertiary/aromatic N) is 1. The first kappa shape index (κ1) is 20.2. The molecule has 0 aliphatic heterocycles. The number of aliphatic hydroxyl groups is 1.